The maximum Gasteiger partial charge on any atom is 0.150 e. The van der Waals surface area contributed by atoms with Crippen LogP contribution in [0.3, 0.4) is 0 Å². The van der Waals surface area contributed by atoms with Crippen molar-refractivity contribution >= 4 is 9.84 Å². The molecule has 1 aromatic carbocycles. The van der Waals surface area contributed by atoms with Gasteiger partial charge in [-0.25, -0.2) is 12.8 Å². The van der Waals surface area contributed by atoms with Gasteiger partial charge >= 0.3 is 0 Å². The van der Waals surface area contributed by atoms with Gasteiger partial charge in [-0.3, -0.25) is 0 Å². The molecule has 1 unspecified atom stereocenters. The average Bonchev–Trinajstić information content (AvgIpc) is 2.32. The molecule has 0 aliphatic carbocycles. The van der Waals surface area contributed by atoms with Crippen molar-refractivity contribution < 1.29 is 12.8 Å². The highest BCUT2D eigenvalue weighted by Gasteiger charge is 2.14. The van der Waals surface area contributed by atoms with Crippen molar-refractivity contribution in [3.05, 3.63) is 35.6 Å². The Balaban J connectivity index is 2.69. The van der Waals surface area contributed by atoms with E-state index in [1.807, 2.05) is 0 Å². The Morgan fingerprint density at radius 2 is 1.88 bits per heavy atom. The molecule has 0 aromatic heterocycles. The fraction of sp³-hybridized carbons (Fsp3) is 0.500. The van der Waals surface area contributed by atoms with E-state index in [-0.39, 0.29) is 23.2 Å². The smallest absolute Gasteiger partial charge is 0.150 e. The van der Waals surface area contributed by atoms with E-state index in [4.69, 9.17) is 5.73 Å². The van der Waals surface area contributed by atoms with Crippen LogP contribution in [0.1, 0.15) is 24.8 Å². The van der Waals surface area contributed by atoms with Crippen LogP contribution in [0.5, 0.6) is 0 Å². The van der Waals surface area contributed by atoms with Gasteiger partial charge in [-0.2, -0.15) is 0 Å². The third-order valence-corrected chi connectivity index (χ3v) is 4.58. The standard InChI is InChI=1S/C12H18FNO2S/c1-2-17(15,16)8-7-11(9-14)10-3-5-12(13)6-4-10/h3-6,11H,2,7-9,14H2,1H3. The van der Waals surface area contributed by atoms with Crippen molar-refractivity contribution in [2.75, 3.05) is 18.1 Å². The van der Waals surface area contributed by atoms with E-state index in [1.165, 1.54) is 12.1 Å². The minimum absolute atomic E-state index is 0.0306. The molecule has 1 aromatic rings. The summed E-state index contributed by atoms with van der Waals surface area (Å²) in [7, 11) is -2.97. The normalized spacial score (nSPS) is 13.6. The number of sulfone groups is 1. The lowest BCUT2D eigenvalue weighted by Crippen LogP contribution is -2.18. The molecule has 0 amide bonds. The summed E-state index contributed by atoms with van der Waals surface area (Å²) in [4.78, 5) is 0. The summed E-state index contributed by atoms with van der Waals surface area (Å²) in [5, 5.41) is 0. The molecule has 1 rings (SSSR count). The lowest BCUT2D eigenvalue weighted by atomic mass is 9.97. The van der Waals surface area contributed by atoms with E-state index < -0.39 is 9.84 Å². The second kappa shape index (κ2) is 6.12. The van der Waals surface area contributed by atoms with Crippen molar-refractivity contribution in [3.8, 4) is 0 Å². The summed E-state index contributed by atoms with van der Waals surface area (Å²) >= 11 is 0. The minimum atomic E-state index is -2.97. The van der Waals surface area contributed by atoms with E-state index in [1.54, 1.807) is 19.1 Å². The molecule has 5 heteroatoms. The Morgan fingerprint density at radius 3 is 2.35 bits per heavy atom. The molecule has 17 heavy (non-hydrogen) atoms. The van der Waals surface area contributed by atoms with Crippen LogP contribution in [-0.4, -0.2) is 26.5 Å². The molecule has 96 valence electrons. The second-order valence-corrected chi connectivity index (χ2v) is 6.48. The molecule has 0 bridgehead atoms. The maximum atomic E-state index is 12.8. The summed E-state index contributed by atoms with van der Waals surface area (Å²) in [6, 6.07) is 6.05. The van der Waals surface area contributed by atoms with E-state index in [0.29, 0.717) is 13.0 Å². The van der Waals surface area contributed by atoms with E-state index >= 15 is 0 Å². The fourth-order valence-corrected chi connectivity index (χ4v) is 2.55. The Bertz CT molecular complexity index is 442. The Morgan fingerprint density at radius 1 is 1.29 bits per heavy atom. The molecule has 2 N–H and O–H groups in total. The zero-order chi connectivity index (χ0) is 12.9. The highest BCUT2D eigenvalue weighted by Crippen LogP contribution is 2.19. The summed E-state index contributed by atoms with van der Waals surface area (Å²) in [5.41, 5.74) is 6.51. The Hall–Kier alpha value is -0.940. The van der Waals surface area contributed by atoms with Gasteiger partial charge in [0, 0.05) is 5.75 Å². The number of nitrogens with two attached hydrogens (primary N) is 1. The van der Waals surface area contributed by atoms with E-state index in [2.05, 4.69) is 0 Å². The minimum Gasteiger partial charge on any atom is -0.330 e. The summed E-state index contributed by atoms with van der Waals surface area (Å²) in [5.74, 6) is -0.0566. The van der Waals surface area contributed by atoms with Crippen LogP contribution in [0.4, 0.5) is 4.39 Å². The van der Waals surface area contributed by atoms with Crippen LogP contribution >= 0.6 is 0 Å². The first-order valence-corrected chi connectivity index (χ1v) is 7.46. The first-order chi connectivity index (χ1) is 7.98. The summed E-state index contributed by atoms with van der Waals surface area (Å²) in [6.07, 6.45) is 0.484. The maximum absolute atomic E-state index is 12.8. The van der Waals surface area contributed by atoms with E-state index in [0.717, 1.165) is 5.56 Å². The van der Waals surface area contributed by atoms with Crippen LogP contribution < -0.4 is 5.73 Å². The topological polar surface area (TPSA) is 60.2 Å². The first-order valence-electron chi connectivity index (χ1n) is 5.64. The molecular formula is C12H18FNO2S. The number of hydrogen-bond acceptors (Lipinski definition) is 3. The zero-order valence-corrected chi connectivity index (χ0v) is 10.7. The molecule has 0 radical (unpaired) electrons. The summed E-state index contributed by atoms with van der Waals surface area (Å²) in [6.45, 7) is 2.00. The van der Waals surface area contributed by atoms with Crippen LogP contribution in [0, 0.1) is 5.82 Å². The number of halogens is 1. The van der Waals surface area contributed by atoms with Gasteiger partial charge in [-0.1, -0.05) is 19.1 Å². The molecular weight excluding hydrogens is 241 g/mol. The van der Waals surface area contributed by atoms with Crippen LogP contribution in [-0.2, 0) is 9.84 Å². The van der Waals surface area contributed by atoms with Gasteiger partial charge in [0.25, 0.3) is 0 Å². The molecule has 0 saturated carbocycles. The molecule has 0 heterocycles. The van der Waals surface area contributed by atoms with Crippen molar-refractivity contribution in [3.63, 3.8) is 0 Å². The lowest BCUT2D eigenvalue weighted by molar-refractivity contribution is 0.585. The van der Waals surface area contributed by atoms with Gasteiger partial charge in [-0.15, -0.1) is 0 Å². The van der Waals surface area contributed by atoms with Crippen molar-refractivity contribution in [2.24, 2.45) is 5.73 Å². The van der Waals surface area contributed by atoms with Gasteiger partial charge < -0.3 is 5.73 Å². The van der Waals surface area contributed by atoms with Crippen molar-refractivity contribution in [1.82, 2.24) is 0 Å². The molecule has 0 fully saturated rings. The lowest BCUT2D eigenvalue weighted by Gasteiger charge is -2.14. The summed E-state index contributed by atoms with van der Waals surface area (Å²) < 4.78 is 35.6. The number of hydrogen-bond donors (Lipinski definition) is 1. The monoisotopic (exact) mass is 259 g/mol. The quantitative estimate of drug-likeness (QED) is 0.845. The highest BCUT2D eigenvalue weighted by molar-refractivity contribution is 7.91. The van der Waals surface area contributed by atoms with Gasteiger partial charge in [0.1, 0.15) is 15.7 Å². The third kappa shape index (κ3) is 4.44. The Kier molecular flexibility index (Phi) is 5.08. The zero-order valence-electron chi connectivity index (χ0n) is 9.90. The van der Waals surface area contributed by atoms with Gasteiger partial charge in [-0.05, 0) is 36.6 Å². The molecule has 1 atom stereocenters. The van der Waals surface area contributed by atoms with Gasteiger partial charge in [0.05, 0.1) is 5.75 Å². The largest absolute Gasteiger partial charge is 0.330 e. The highest BCUT2D eigenvalue weighted by atomic mass is 32.2. The molecule has 3 nitrogen and oxygen atoms in total. The predicted octanol–water partition coefficient (Wildman–Crippen LogP) is 1.69. The Labute approximate surface area is 102 Å². The second-order valence-electron chi connectivity index (χ2n) is 4.01. The number of rotatable bonds is 6. The third-order valence-electron chi connectivity index (χ3n) is 2.84. The van der Waals surface area contributed by atoms with Crippen LogP contribution in [0.25, 0.3) is 0 Å². The fourth-order valence-electron chi connectivity index (χ4n) is 1.62. The average molecular weight is 259 g/mol. The molecule has 0 aliphatic heterocycles. The molecule has 0 spiro atoms. The van der Waals surface area contributed by atoms with Gasteiger partial charge in [0.2, 0.25) is 0 Å². The SMILES string of the molecule is CCS(=O)(=O)CCC(CN)c1ccc(F)cc1. The molecule has 0 aliphatic rings. The number of benzene rings is 1. The van der Waals surface area contributed by atoms with E-state index in [9.17, 15) is 12.8 Å². The predicted molar refractivity (Wildman–Crippen MR) is 67.1 cm³/mol. The first kappa shape index (κ1) is 14.1. The molecule has 0 saturated heterocycles. The van der Waals surface area contributed by atoms with Gasteiger partial charge in [0.15, 0.2) is 0 Å². The van der Waals surface area contributed by atoms with Crippen molar-refractivity contribution in [1.29, 1.82) is 0 Å². The van der Waals surface area contributed by atoms with Crippen molar-refractivity contribution in [2.45, 2.75) is 19.3 Å². The van der Waals surface area contributed by atoms with Crippen LogP contribution in [0.2, 0.25) is 0 Å². The van der Waals surface area contributed by atoms with Crippen LogP contribution in [0.15, 0.2) is 24.3 Å².